The molecule has 0 heterocycles. The molecule has 0 amide bonds. The second-order valence-corrected chi connectivity index (χ2v) is 3.12. The quantitative estimate of drug-likeness (QED) is 0.638. The molecule has 0 aliphatic heterocycles. The average molecular weight is 139 g/mol. The van der Waals surface area contributed by atoms with Crippen LogP contribution in [0, 0.1) is 5.92 Å². The molecule has 1 saturated carbocycles. The van der Waals surface area contributed by atoms with Gasteiger partial charge in [-0.2, -0.15) is 0 Å². The second-order valence-electron chi connectivity index (χ2n) is 3.12. The fourth-order valence-electron chi connectivity index (χ4n) is 1.22. The molecule has 0 aromatic heterocycles. The molecule has 1 nitrogen and oxygen atoms in total. The third-order valence-corrected chi connectivity index (χ3v) is 2.25. The maximum Gasteiger partial charge on any atom is 0.00714 e. The monoisotopic (exact) mass is 139 g/mol. The number of nitrogens with two attached hydrogens (primary N) is 1. The van der Waals surface area contributed by atoms with Gasteiger partial charge in [0.25, 0.3) is 0 Å². The molecular formula is C9H17N. The molecular weight excluding hydrogens is 122 g/mol. The van der Waals surface area contributed by atoms with Gasteiger partial charge in [0.2, 0.25) is 0 Å². The summed E-state index contributed by atoms with van der Waals surface area (Å²) >= 11 is 0. The van der Waals surface area contributed by atoms with Crippen LogP contribution in [0.25, 0.3) is 0 Å². The molecule has 1 fully saturated rings. The zero-order valence-electron chi connectivity index (χ0n) is 6.77. The lowest BCUT2D eigenvalue weighted by molar-refractivity contribution is 0.364. The Morgan fingerprint density at radius 2 is 2.30 bits per heavy atom. The molecule has 1 aliphatic rings. The number of unbranched alkanes of at least 4 members (excludes halogenated alkanes) is 1. The fourth-order valence-corrected chi connectivity index (χ4v) is 1.22. The molecule has 0 bridgehead atoms. The van der Waals surface area contributed by atoms with Crippen LogP contribution < -0.4 is 5.73 Å². The Morgan fingerprint density at radius 3 is 2.70 bits per heavy atom. The van der Waals surface area contributed by atoms with Crippen molar-refractivity contribution in [1.29, 1.82) is 0 Å². The highest BCUT2D eigenvalue weighted by molar-refractivity contribution is 5.04. The summed E-state index contributed by atoms with van der Waals surface area (Å²) in [5.74, 6) is 0.742. The van der Waals surface area contributed by atoms with E-state index >= 15 is 0 Å². The third-order valence-electron chi connectivity index (χ3n) is 2.25. The van der Waals surface area contributed by atoms with Crippen LogP contribution in [0.3, 0.4) is 0 Å². The van der Waals surface area contributed by atoms with E-state index in [-0.39, 0.29) is 0 Å². The summed E-state index contributed by atoms with van der Waals surface area (Å²) in [6, 6.07) is 0. The van der Waals surface area contributed by atoms with E-state index in [0.717, 1.165) is 18.0 Å². The van der Waals surface area contributed by atoms with E-state index < -0.39 is 0 Å². The van der Waals surface area contributed by atoms with Gasteiger partial charge in [0, 0.05) is 5.70 Å². The van der Waals surface area contributed by atoms with E-state index in [2.05, 4.69) is 13.0 Å². The van der Waals surface area contributed by atoms with Crippen molar-refractivity contribution in [2.24, 2.45) is 11.7 Å². The van der Waals surface area contributed by atoms with Crippen molar-refractivity contribution >= 4 is 0 Å². The van der Waals surface area contributed by atoms with E-state index in [1.54, 1.807) is 0 Å². The predicted molar refractivity (Wildman–Crippen MR) is 44.5 cm³/mol. The highest BCUT2D eigenvalue weighted by Crippen LogP contribution is 2.30. The van der Waals surface area contributed by atoms with Crippen molar-refractivity contribution in [3.05, 3.63) is 11.8 Å². The van der Waals surface area contributed by atoms with Crippen molar-refractivity contribution < 1.29 is 0 Å². The maximum atomic E-state index is 5.83. The van der Waals surface area contributed by atoms with E-state index in [4.69, 9.17) is 5.73 Å². The Kier molecular flexibility index (Phi) is 2.79. The summed E-state index contributed by atoms with van der Waals surface area (Å²) in [6.07, 6.45) is 8.60. The van der Waals surface area contributed by atoms with Crippen LogP contribution in [0.2, 0.25) is 0 Å². The SMILES string of the molecule is CCC/C=C(/N)C1CCC1. The highest BCUT2D eigenvalue weighted by atomic mass is 14.6. The van der Waals surface area contributed by atoms with E-state index in [9.17, 15) is 0 Å². The Hall–Kier alpha value is -0.460. The summed E-state index contributed by atoms with van der Waals surface area (Å²) in [5, 5.41) is 0. The fraction of sp³-hybridized carbons (Fsp3) is 0.778. The molecule has 2 N–H and O–H groups in total. The molecule has 10 heavy (non-hydrogen) atoms. The van der Waals surface area contributed by atoms with Gasteiger partial charge in [-0.3, -0.25) is 0 Å². The van der Waals surface area contributed by atoms with Gasteiger partial charge in [0.1, 0.15) is 0 Å². The van der Waals surface area contributed by atoms with Crippen molar-refractivity contribution in [3.8, 4) is 0 Å². The first kappa shape index (κ1) is 7.64. The summed E-state index contributed by atoms with van der Waals surface area (Å²) < 4.78 is 0. The standard InChI is InChI=1S/C9H17N/c1-2-3-7-9(10)8-5-4-6-8/h7-8H,2-6,10H2,1H3/b9-7+. The number of hydrogen-bond acceptors (Lipinski definition) is 1. The van der Waals surface area contributed by atoms with Gasteiger partial charge in [0.15, 0.2) is 0 Å². The first-order chi connectivity index (χ1) is 4.84. The van der Waals surface area contributed by atoms with Gasteiger partial charge >= 0.3 is 0 Å². The molecule has 0 spiro atoms. The third kappa shape index (κ3) is 1.76. The lowest BCUT2D eigenvalue weighted by Gasteiger charge is -2.25. The zero-order valence-corrected chi connectivity index (χ0v) is 6.77. The first-order valence-corrected chi connectivity index (χ1v) is 4.30. The van der Waals surface area contributed by atoms with Crippen LogP contribution in [0.15, 0.2) is 11.8 Å². The summed E-state index contributed by atoms with van der Waals surface area (Å²) in [5.41, 5.74) is 6.97. The van der Waals surface area contributed by atoms with Gasteiger partial charge < -0.3 is 5.73 Å². The van der Waals surface area contributed by atoms with E-state index in [1.165, 1.54) is 25.7 Å². The minimum absolute atomic E-state index is 0.742. The minimum Gasteiger partial charge on any atom is -0.402 e. The molecule has 0 aromatic rings. The Bertz CT molecular complexity index is 123. The lowest BCUT2D eigenvalue weighted by Crippen LogP contribution is -2.19. The zero-order chi connectivity index (χ0) is 7.40. The predicted octanol–water partition coefficient (Wildman–Crippen LogP) is 2.43. The summed E-state index contributed by atoms with van der Waals surface area (Å²) in [4.78, 5) is 0. The largest absolute Gasteiger partial charge is 0.402 e. The van der Waals surface area contributed by atoms with Crippen LogP contribution in [0.5, 0.6) is 0 Å². The van der Waals surface area contributed by atoms with Crippen molar-refractivity contribution in [3.63, 3.8) is 0 Å². The van der Waals surface area contributed by atoms with E-state index in [1.807, 2.05) is 0 Å². The molecule has 58 valence electrons. The smallest absolute Gasteiger partial charge is 0.00714 e. The molecule has 1 heteroatoms. The Morgan fingerprint density at radius 1 is 1.60 bits per heavy atom. The lowest BCUT2D eigenvalue weighted by atomic mass is 9.83. The summed E-state index contributed by atoms with van der Waals surface area (Å²) in [7, 11) is 0. The molecule has 1 rings (SSSR count). The second kappa shape index (κ2) is 3.65. The number of hydrogen-bond donors (Lipinski definition) is 1. The average Bonchev–Trinajstić information content (AvgIpc) is 1.79. The van der Waals surface area contributed by atoms with Crippen LogP contribution in [0.4, 0.5) is 0 Å². The number of rotatable bonds is 3. The molecule has 0 saturated heterocycles. The molecule has 1 aliphatic carbocycles. The van der Waals surface area contributed by atoms with Gasteiger partial charge in [0.05, 0.1) is 0 Å². The Balaban J connectivity index is 2.23. The normalized spacial score (nSPS) is 20.7. The van der Waals surface area contributed by atoms with Crippen LogP contribution in [-0.2, 0) is 0 Å². The number of allylic oxidation sites excluding steroid dienone is 2. The van der Waals surface area contributed by atoms with Gasteiger partial charge in [-0.1, -0.05) is 25.8 Å². The van der Waals surface area contributed by atoms with Gasteiger partial charge in [-0.15, -0.1) is 0 Å². The topological polar surface area (TPSA) is 26.0 Å². The molecule has 0 aromatic carbocycles. The summed E-state index contributed by atoms with van der Waals surface area (Å²) in [6.45, 7) is 2.19. The minimum atomic E-state index is 0.742. The maximum absolute atomic E-state index is 5.83. The van der Waals surface area contributed by atoms with Crippen molar-refractivity contribution in [1.82, 2.24) is 0 Å². The molecule has 0 radical (unpaired) electrons. The van der Waals surface area contributed by atoms with Gasteiger partial charge in [-0.25, -0.2) is 0 Å². The molecule has 0 atom stereocenters. The van der Waals surface area contributed by atoms with Crippen LogP contribution in [-0.4, -0.2) is 0 Å². The van der Waals surface area contributed by atoms with Crippen molar-refractivity contribution in [2.75, 3.05) is 0 Å². The van der Waals surface area contributed by atoms with Gasteiger partial charge in [-0.05, 0) is 25.2 Å². The first-order valence-electron chi connectivity index (χ1n) is 4.30. The van der Waals surface area contributed by atoms with Crippen LogP contribution >= 0.6 is 0 Å². The Labute approximate surface area is 63.3 Å². The highest BCUT2D eigenvalue weighted by Gasteiger charge is 2.18. The van der Waals surface area contributed by atoms with E-state index in [0.29, 0.717) is 0 Å². The molecule has 0 unspecified atom stereocenters. The van der Waals surface area contributed by atoms with Crippen molar-refractivity contribution in [2.45, 2.75) is 39.0 Å². The van der Waals surface area contributed by atoms with Crippen LogP contribution in [0.1, 0.15) is 39.0 Å².